The van der Waals surface area contributed by atoms with Crippen LogP contribution in [0.25, 0.3) is 10.2 Å². The van der Waals surface area contributed by atoms with Crippen molar-refractivity contribution in [2.45, 2.75) is 6.54 Å². The lowest BCUT2D eigenvalue weighted by Crippen LogP contribution is -2.32. The summed E-state index contributed by atoms with van der Waals surface area (Å²) in [6.45, 7) is 0.257. The molecule has 3 rings (SSSR count). The molecule has 1 aromatic carbocycles. The second kappa shape index (κ2) is 6.71. The van der Waals surface area contributed by atoms with Crippen LogP contribution in [0.1, 0.15) is 5.56 Å². The zero-order valence-electron chi connectivity index (χ0n) is 13.1. The third-order valence-electron chi connectivity index (χ3n) is 3.44. The van der Waals surface area contributed by atoms with Crippen molar-refractivity contribution in [1.29, 1.82) is 0 Å². The first-order chi connectivity index (χ1) is 11.6. The number of carbonyl (C=O) groups excluding carboxylic acids is 1. The number of carbonyl (C=O) groups is 1. The SMILES string of the molecule is COc1ccc(CNC(=O)n2sc3ncccc3c2=O)cc1OC. The number of fused-ring (bicyclic) bond motifs is 1. The summed E-state index contributed by atoms with van der Waals surface area (Å²) < 4.78 is 11.5. The molecule has 0 aliphatic rings. The van der Waals surface area contributed by atoms with E-state index in [1.165, 1.54) is 0 Å². The number of pyridine rings is 1. The van der Waals surface area contributed by atoms with Crippen LogP contribution in [0.3, 0.4) is 0 Å². The molecule has 2 heterocycles. The standard InChI is InChI=1S/C16H15N3O4S/c1-22-12-6-5-10(8-13(12)23-2)9-18-16(21)19-15(20)11-4-3-7-17-14(11)24-19/h3-8H,9H2,1-2H3,(H,18,21). The van der Waals surface area contributed by atoms with Gasteiger partial charge in [0.15, 0.2) is 11.5 Å². The fourth-order valence-electron chi connectivity index (χ4n) is 2.24. The molecule has 0 aliphatic carbocycles. The molecule has 24 heavy (non-hydrogen) atoms. The highest BCUT2D eigenvalue weighted by Crippen LogP contribution is 2.27. The topological polar surface area (TPSA) is 82.5 Å². The number of amides is 1. The minimum atomic E-state index is -0.488. The van der Waals surface area contributed by atoms with Crippen molar-refractivity contribution in [2.75, 3.05) is 14.2 Å². The molecule has 0 saturated carbocycles. The van der Waals surface area contributed by atoms with E-state index in [4.69, 9.17) is 9.47 Å². The van der Waals surface area contributed by atoms with Crippen LogP contribution in [-0.2, 0) is 6.54 Å². The Hall–Kier alpha value is -2.87. The average Bonchev–Trinajstić information content (AvgIpc) is 2.96. The largest absolute Gasteiger partial charge is 0.493 e. The fraction of sp³-hybridized carbons (Fsp3) is 0.188. The van der Waals surface area contributed by atoms with Gasteiger partial charge in [-0.25, -0.2) is 9.78 Å². The second-order valence-corrected chi connectivity index (χ2v) is 5.83. The van der Waals surface area contributed by atoms with Gasteiger partial charge in [0.1, 0.15) is 4.83 Å². The Morgan fingerprint density at radius 1 is 1.25 bits per heavy atom. The number of ether oxygens (including phenoxy) is 2. The van der Waals surface area contributed by atoms with Gasteiger partial charge in [-0.2, -0.15) is 3.96 Å². The summed E-state index contributed by atoms with van der Waals surface area (Å²) in [6, 6.07) is 8.18. The smallest absolute Gasteiger partial charge is 0.338 e. The third kappa shape index (κ3) is 2.95. The van der Waals surface area contributed by atoms with Crippen LogP contribution in [0.4, 0.5) is 4.79 Å². The van der Waals surface area contributed by atoms with Gasteiger partial charge in [0.25, 0.3) is 5.56 Å². The van der Waals surface area contributed by atoms with Gasteiger partial charge in [-0.15, -0.1) is 0 Å². The number of hydrogen-bond donors (Lipinski definition) is 1. The van der Waals surface area contributed by atoms with E-state index >= 15 is 0 Å². The molecule has 0 aliphatic heterocycles. The van der Waals surface area contributed by atoms with Gasteiger partial charge < -0.3 is 14.8 Å². The van der Waals surface area contributed by atoms with Crippen molar-refractivity contribution in [3.05, 3.63) is 52.4 Å². The lowest BCUT2D eigenvalue weighted by molar-refractivity contribution is 0.243. The fourth-order valence-corrected chi connectivity index (χ4v) is 3.10. The molecule has 3 aromatic rings. The second-order valence-electron chi connectivity index (χ2n) is 4.89. The number of nitrogens with zero attached hydrogens (tertiary/aromatic N) is 2. The normalized spacial score (nSPS) is 10.6. The van der Waals surface area contributed by atoms with Crippen molar-refractivity contribution >= 4 is 27.8 Å². The maximum atomic E-state index is 12.3. The van der Waals surface area contributed by atoms with Crippen LogP contribution in [0.15, 0.2) is 41.3 Å². The summed E-state index contributed by atoms with van der Waals surface area (Å²) in [6.07, 6.45) is 1.59. The number of aromatic nitrogens is 2. The van der Waals surface area contributed by atoms with Crippen LogP contribution in [0, 0.1) is 0 Å². The summed E-state index contributed by atoms with van der Waals surface area (Å²) in [4.78, 5) is 29.1. The van der Waals surface area contributed by atoms with E-state index in [1.807, 2.05) is 6.07 Å². The number of methoxy groups -OCH3 is 2. The first-order valence-electron chi connectivity index (χ1n) is 7.10. The predicted octanol–water partition coefficient (Wildman–Crippen LogP) is 2.23. The molecule has 0 bridgehead atoms. The zero-order valence-corrected chi connectivity index (χ0v) is 13.9. The van der Waals surface area contributed by atoms with Crippen molar-refractivity contribution in [3.63, 3.8) is 0 Å². The summed E-state index contributed by atoms with van der Waals surface area (Å²) >= 11 is 1.02. The van der Waals surface area contributed by atoms with E-state index in [9.17, 15) is 9.59 Å². The average molecular weight is 345 g/mol. The first-order valence-corrected chi connectivity index (χ1v) is 7.87. The van der Waals surface area contributed by atoms with Crippen LogP contribution >= 0.6 is 11.5 Å². The Morgan fingerprint density at radius 3 is 2.75 bits per heavy atom. The monoisotopic (exact) mass is 345 g/mol. The van der Waals surface area contributed by atoms with Crippen LogP contribution in [0.2, 0.25) is 0 Å². The minimum Gasteiger partial charge on any atom is -0.493 e. The number of benzene rings is 1. The van der Waals surface area contributed by atoms with Crippen molar-refractivity contribution in [1.82, 2.24) is 14.3 Å². The van der Waals surface area contributed by atoms with Gasteiger partial charge in [-0.1, -0.05) is 6.07 Å². The third-order valence-corrected chi connectivity index (χ3v) is 4.45. The highest BCUT2D eigenvalue weighted by atomic mass is 32.1. The van der Waals surface area contributed by atoms with Gasteiger partial charge in [0.05, 0.1) is 19.6 Å². The quantitative estimate of drug-likeness (QED) is 0.784. The zero-order chi connectivity index (χ0) is 17.1. The lowest BCUT2D eigenvalue weighted by atomic mass is 10.2. The van der Waals surface area contributed by atoms with Crippen molar-refractivity contribution in [3.8, 4) is 11.5 Å². The molecule has 0 spiro atoms. The van der Waals surface area contributed by atoms with E-state index in [0.29, 0.717) is 21.7 Å². The Labute approximate surface area is 141 Å². The highest BCUT2D eigenvalue weighted by molar-refractivity contribution is 7.14. The number of hydrogen-bond acceptors (Lipinski definition) is 6. The van der Waals surface area contributed by atoms with E-state index < -0.39 is 6.03 Å². The number of rotatable bonds is 4. The van der Waals surface area contributed by atoms with Gasteiger partial charge in [-0.05, 0) is 41.4 Å². The summed E-state index contributed by atoms with van der Waals surface area (Å²) in [5.41, 5.74) is 0.459. The lowest BCUT2D eigenvalue weighted by Gasteiger charge is -2.10. The van der Waals surface area contributed by atoms with E-state index in [0.717, 1.165) is 21.1 Å². The molecule has 0 fully saturated rings. The van der Waals surface area contributed by atoms with Crippen LogP contribution in [-0.4, -0.2) is 29.2 Å². The van der Waals surface area contributed by atoms with Gasteiger partial charge in [-0.3, -0.25) is 4.79 Å². The Balaban J connectivity index is 1.77. The number of nitrogens with one attached hydrogen (secondary N) is 1. The van der Waals surface area contributed by atoms with E-state index in [1.54, 1.807) is 44.7 Å². The molecule has 0 radical (unpaired) electrons. The Morgan fingerprint density at radius 2 is 2.04 bits per heavy atom. The minimum absolute atomic E-state index is 0.257. The van der Waals surface area contributed by atoms with E-state index in [2.05, 4.69) is 10.3 Å². The van der Waals surface area contributed by atoms with Crippen molar-refractivity contribution in [2.24, 2.45) is 0 Å². The molecule has 8 heteroatoms. The first kappa shape index (κ1) is 16.0. The molecule has 0 saturated heterocycles. The molecule has 7 nitrogen and oxygen atoms in total. The molecular formula is C16H15N3O4S. The Kier molecular flexibility index (Phi) is 4.48. The summed E-state index contributed by atoms with van der Waals surface area (Å²) in [7, 11) is 3.10. The Bertz CT molecular complexity index is 948. The maximum absolute atomic E-state index is 12.3. The molecule has 0 atom stereocenters. The van der Waals surface area contributed by atoms with Gasteiger partial charge >= 0.3 is 6.03 Å². The summed E-state index contributed by atoms with van der Waals surface area (Å²) in [5, 5.41) is 3.15. The van der Waals surface area contributed by atoms with Crippen LogP contribution in [0.5, 0.6) is 11.5 Å². The van der Waals surface area contributed by atoms with Gasteiger partial charge in [0.2, 0.25) is 0 Å². The molecule has 0 unspecified atom stereocenters. The summed E-state index contributed by atoms with van der Waals surface area (Å²) in [5.74, 6) is 1.19. The molecule has 2 aromatic heterocycles. The molecule has 124 valence electrons. The molecule has 1 amide bonds. The van der Waals surface area contributed by atoms with E-state index in [-0.39, 0.29) is 12.1 Å². The van der Waals surface area contributed by atoms with Crippen molar-refractivity contribution < 1.29 is 14.3 Å². The predicted molar refractivity (Wildman–Crippen MR) is 91.1 cm³/mol. The maximum Gasteiger partial charge on any atom is 0.338 e. The highest BCUT2D eigenvalue weighted by Gasteiger charge is 2.14. The molecule has 1 N–H and O–H groups in total. The van der Waals surface area contributed by atoms with Gasteiger partial charge in [0, 0.05) is 12.7 Å². The molecular weight excluding hydrogens is 330 g/mol. The van der Waals surface area contributed by atoms with Crippen LogP contribution < -0.4 is 20.3 Å².